The van der Waals surface area contributed by atoms with Gasteiger partial charge in [-0.3, -0.25) is 9.48 Å². The van der Waals surface area contributed by atoms with Crippen LogP contribution in [0.4, 0.5) is 5.82 Å². The van der Waals surface area contributed by atoms with Gasteiger partial charge in [-0.2, -0.15) is 9.90 Å². The molecule has 0 atom stereocenters. The maximum atomic E-state index is 12.6. The van der Waals surface area contributed by atoms with Crippen LogP contribution in [0.15, 0.2) is 59.1 Å². The zero-order chi connectivity index (χ0) is 20.4. The van der Waals surface area contributed by atoms with E-state index in [1.807, 2.05) is 61.5 Å². The quantitative estimate of drug-likeness (QED) is 0.501. The minimum absolute atomic E-state index is 0.0517. The average molecular weight is 452 g/mol. The molecule has 146 valence electrons. The summed E-state index contributed by atoms with van der Waals surface area (Å²) in [5, 5.41) is 19.7. The first-order valence-electron chi connectivity index (χ1n) is 8.94. The second-order valence-corrected chi connectivity index (χ2v) is 7.41. The fourth-order valence-electron chi connectivity index (χ4n) is 3.08. The van der Waals surface area contributed by atoms with E-state index in [9.17, 15) is 4.79 Å². The van der Waals surface area contributed by atoms with E-state index in [0.29, 0.717) is 11.6 Å². The Bertz CT molecular complexity index is 1150. The minimum atomic E-state index is -0.261. The molecule has 2 heterocycles. The van der Waals surface area contributed by atoms with Crippen molar-refractivity contribution in [2.45, 2.75) is 13.5 Å². The number of carbonyl (C=O) groups excluding carboxylic acids is 1. The first kappa shape index (κ1) is 19.0. The molecule has 0 spiro atoms. The molecule has 4 aromatic rings. The lowest BCUT2D eigenvalue weighted by molar-refractivity contribution is -0.117. The predicted octanol–water partition coefficient (Wildman–Crippen LogP) is 3.45. The van der Waals surface area contributed by atoms with Crippen LogP contribution < -0.4 is 5.32 Å². The van der Waals surface area contributed by atoms with Crippen molar-refractivity contribution in [2.75, 3.05) is 5.32 Å². The lowest BCUT2D eigenvalue weighted by atomic mass is 10.1. The SMILES string of the molecule is Cc1nn(C)c(NC(=O)Cn2nnc(-c3ccccc3)n2)c1-c1ccc(Br)cc1. The van der Waals surface area contributed by atoms with Crippen LogP contribution in [0.25, 0.3) is 22.5 Å². The van der Waals surface area contributed by atoms with Gasteiger partial charge in [-0.25, -0.2) is 0 Å². The summed E-state index contributed by atoms with van der Waals surface area (Å²) in [5.41, 5.74) is 3.53. The number of aryl methyl sites for hydroxylation is 2. The predicted molar refractivity (Wildman–Crippen MR) is 113 cm³/mol. The van der Waals surface area contributed by atoms with Gasteiger partial charge in [-0.05, 0) is 29.8 Å². The van der Waals surface area contributed by atoms with Crippen LogP contribution in [0.1, 0.15) is 5.69 Å². The number of nitrogens with zero attached hydrogens (tertiary/aromatic N) is 6. The van der Waals surface area contributed by atoms with Crippen LogP contribution in [0.3, 0.4) is 0 Å². The number of carbonyl (C=O) groups is 1. The number of rotatable bonds is 5. The van der Waals surface area contributed by atoms with Crippen LogP contribution in [0.2, 0.25) is 0 Å². The van der Waals surface area contributed by atoms with Crippen molar-refractivity contribution < 1.29 is 4.79 Å². The molecule has 0 saturated heterocycles. The van der Waals surface area contributed by atoms with Gasteiger partial charge in [0.05, 0.1) is 5.69 Å². The third kappa shape index (κ3) is 4.09. The Morgan fingerprint density at radius 1 is 1.03 bits per heavy atom. The van der Waals surface area contributed by atoms with E-state index >= 15 is 0 Å². The van der Waals surface area contributed by atoms with Crippen molar-refractivity contribution in [1.82, 2.24) is 30.0 Å². The first-order valence-corrected chi connectivity index (χ1v) is 9.73. The Kier molecular flexibility index (Phi) is 5.22. The standard InChI is InChI=1S/C20H18BrN7O/c1-13-18(14-8-10-16(21)11-9-14)20(27(2)24-13)22-17(29)12-28-25-19(23-26-28)15-6-4-3-5-7-15/h3-11H,12H2,1-2H3,(H,22,29). The largest absolute Gasteiger partial charge is 0.309 e. The smallest absolute Gasteiger partial charge is 0.249 e. The van der Waals surface area contributed by atoms with Gasteiger partial charge in [0.2, 0.25) is 11.7 Å². The van der Waals surface area contributed by atoms with Gasteiger partial charge in [-0.15, -0.1) is 10.2 Å². The molecule has 0 aliphatic heterocycles. The zero-order valence-electron chi connectivity index (χ0n) is 15.9. The number of tetrazole rings is 1. The summed E-state index contributed by atoms with van der Waals surface area (Å²) in [6, 6.07) is 17.4. The van der Waals surface area contributed by atoms with Gasteiger partial charge in [0, 0.05) is 22.6 Å². The van der Waals surface area contributed by atoms with Crippen molar-refractivity contribution in [3.63, 3.8) is 0 Å². The number of hydrogen-bond donors (Lipinski definition) is 1. The van der Waals surface area contributed by atoms with Crippen molar-refractivity contribution in [3.8, 4) is 22.5 Å². The molecule has 4 rings (SSSR count). The normalized spacial score (nSPS) is 10.9. The maximum absolute atomic E-state index is 12.6. The van der Waals surface area contributed by atoms with Crippen LogP contribution >= 0.6 is 15.9 Å². The molecule has 2 aromatic carbocycles. The molecule has 1 N–H and O–H groups in total. The molecule has 9 heteroatoms. The van der Waals surface area contributed by atoms with E-state index < -0.39 is 0 Å². The molecule has 0 aliphatic carbocycles. The summed E-state index contributed by atoms with van der Waals surface area (Å²) in [4.78, 5) is 13.9. The molecule has 8 nitrogen and oxygen atoms in total. The van der Waals surface area contributed by atoms with E-state index in [2.05, 4.69) is 41.8 Å². The molecule has 2 aromatic heterocycles. The Hall–Kier alpha value is -3.33. The van der Waals surface area contributed by atoms with Gasteiger partial charge >= 0.3 is 0 Å². The van der Waals surface area contributed by atoms with Gasteiger partial charge in [0.1, 0.15) is 12.4 Å². The Morgan fingerprint density at radius 3 is 2.48 bits per heavy atom. The monoisotopic (exact) mass is 451 g/mol. The van der Waals surface area contributed by atoms with E-state index in [0.717, 1.165) is 26.9 Å². The second kappa shape index (κ2) is 7.96. The van der Waals surface area contributed by atoms with Crippen molar-refractivity contribution in [3.05, 3.63) is 64.8 Å². The van der Waals surface area contributed by atoms with Crippen molar-refractivity contribution in [2.24, 2.45) is 7.05 Å². The molecule has 0 radical (unpaired) electrons. The average Bonchev–Trinajstić information content (AvgIpc) is 3.28. The summed E-state index contributed by atoms with van der Waals surface area (Å²) in [6.07, 6.45) is 0. The molecular formula is C20H18BrN7O. The van der Waals surface area contributed by atoms with Gasteiger partial charge < -0.3 is 5.32 Å². The third-order valence-corrected chi connectivity index (χ3v) is 4.91. The number of anilines is 1. The first-order chi connectivity index (χ1) is 14.0. The van der Waals surface area contributed by atoms with Gasteiger partial charge in [-0.1, -0.05) is 58.4 Å². The maximum Gasteiger partial charge on any atom is 0.249 e. The molecule has 0 fully saturated rings. The molecular weight excluding hydrogens is 434 g/mol. The lowest BCUT2D eigenvalue weighted by Crippen LogP contribution is -2.22. The highest BCUT2D eigenvalue weighted by Crippen LogP contribution is 2.31. The summed E-state index contributed by atoms with van der Waals surface area (Å²) in [7, 11) is 1.80. The highest BCUT2D eigenvalue weighted by atomic mass is 79.9. The van der Waals surface area contributed by atoms with Crippen LogP contribution in [-0.2, 0) is 18.4 Å². The van der Waals surface area contributed by atoms with Gasteiger partial charge in [0.25, 0.3) is 0 Å². The van der Waals surface area contributed by atoms with Crippen LogP contribution in [0.5, 0.6) is 0 Å². The zero-order valence-corrected chi connectivity index (χ0v) is 17.5. The number of benzene rings is 2. The van der Waals surface area contributed by atoms with Crippen molar-refractivity contribution >= 4 is 27.7 Å². The molecule has 0 aliphatic rings. The van der Waals surface area contributed by atoms with E-state index in [-0.39, 0.29) is 12.5 Å². The third-order valence-electron chi connectivity index (χ3n) is 4.38. The fourth-order valence-corrected chi connectivity index (χ4v) is 3.34. The number of aromatic nitrogens is 6. The topological polar surface area (TPSA) is 90.5 Å². The minimum Gasteiger partial charge on any atom is -0.309 e. The van der Waals surface area contributed by atoms with Crippen LogP contribution in [0, 0.1) is 6.92 Å². The summed E-state index contributed by atoms with van der Waals surface area (Å²) < 4.78 is 2.65. The highest BCUT2D eigenvalue weighted by Gasteiger charge is 2.18. The van der Waals surface area contributed by atoms with E-state index in [1.165, 1.54) is 4.80 Å². The number of amides is 1. The van der Waals surface area contributed by atoms with Crippen LogP contribution in [-0.4, -0.2) is 35.9 Å². The molecule has 1 amide bonds. The molecule has 0 unspecified atom stereocenters. The molecule has 0 bridgehead atoms. The van der Waals surface area contributed by atoms with E-state index in [4.69, 9.17) is 0 Å². The Balaban J connectivity index is 1.54. The van der Waals surface area contributed by atoms with Gasteiger partial charge in [0.15, 0.2) is 0 Å². The fraction of sp³-hybridized carbons (Fsp3) is 0.150. The van der Waals surface area contributed by atoms with Crippen molar-refractivity contribution in [1.29, 1.82) is 0 Å². The summed E-state index contributed by atoms with van der Waals surface area (Å²) in [5.74, 6) is 0.840. The molecule has 0 saturated carbocycles. The van der Waals surface area contributed by atoms with E-state index in [1.54, 1.807) is 11.7 Å². The second-order valence-electron chi connectivity index (χ2n) is 6.50. The molecule has 29 heavy (non-hydrogen) atoms. The Labute approximate surface area is 175 Å². The number of halogens is 1. The highest BCUT2D eigenvalue weighted by molar-refractivity contribution is 9.10. The number of nitrogens with one attached hydrogen (secondary N) is 1. The Morgan fingerprint density at radius 2 is 1.76 bits per heavy atom. The summed E-state index contributed by atoms with van der Waals surface area (Å²) >= 11 is 3.44. The number of hydrogen-bond acceptors (Lipinski definition) is 5. The summed E-state index contributed by atoms with van der Waals surface area (Å²) in [6.45, 7) is 1.86. The lowest BCUT2D eigenvalue weighted by Gasteiger charge is -2.09.